The molecule has 2 aromatic heterocycles. The minimum atomic E-state index is 0.0301. The summed E-state index contributed by atoms with van der Waals surface area (Å²) in [7, 11) is 0. The van der Waals surface area contributed by atoms with Gasteiger partial charge in [0.25, 0.3) is 0 Å². The van der Waals surface area contributed by atoms with Gasteiger partial charge < -0.3 is 9.88 Å². The second-order valence-electron chi connectivity index (χ2n) is 4.34. The van der Waals surface area contributed by atoms with Crippen molar-refractivity contribution in [1.29, 1.82) is 0 Å². The third-order valence-corrected chi connectivity index (χ3v) is 2.88. The van der Waals surface area contributed by atoms with Gasteiger partial charge in [0, 0.05) is 31.4 Å². The number of carbonyl (C=O) groups is 1. The number of imidazole rings is 1. The molecule has 7 nitrogen and oxygen atoms in total. The summed E-state index contributed by atoms with van der Waals surface area (Å²) in [5.41, 5.74) is 0. The molecule has 7 heteroatoms. The Morgan fingerprint density at radius 3 is 2.89 bits per heavy atom. The van der Waals surface area contributed by atoms with E-state index in [4.69, 9.17) is 0 Å². The molecule has 0 fully saturated rings. The van der Waals surface area contributed by atoms with E-state index in [2.05, 4.69) is 27.3 Å². The van der Waals surface area contributed by atoms with Crippen molar-refractivity contribution in [2.45, 2.75) is 38.9 Å². The lowest BCUT2D eigenvalue weighted by Gasteiger charge is -2.17. The fourth-order valence-corrected chi connectivity index (χ4v) is 1.79. The SMILES string of the molecule is CCC(Cn1ccnc1)NC(=O)CCn1cncn1. The molecule has 2 heterocycles. The van der Waals surface area contributed by atoms with Crippen molar-refractivity contribution < 1.29 is 4.79 Å². The predicted molar refractivity (Wildman–Crippen MR) is 69.1 cm³/mol. The van der Waals surface area contributed by atoms with Crippen LogP contribution in [-0.2, 0) is 17.9 Å². The number of nitrogens with zero attached hydrogens (tertiary/aromatic N) is 5. The lowest BCUT2D eigenvalue weighted by molar-refractivity contribution is -0.122. The molecule has 1 amide bonds. The van der Waals surface area contributed by atoms with Crippen LogP contribution >= 0.6 is 0 Å². The zero-order valence-electron chi connectivity index (χ0n) is 10.9. The van der Waals surface area contributed by atoms with Crippen molar-refractivity contribution in [2.24, 2.45) is 0 Å². The number of hydrogen-bond acceptors (Lipinski definition) is 4. The molecule has 2 aromatic rings. The van der Waals surface area contributed by atoms with E-state index < -0.39 is 0 Å². The average Bonchev–Trinajstić information content (AvgIpc) is 3.08. The van der Waals surface area contributed by atoms with Gasteiger partial charge in [0.05, 0.1) is 12.9 Å². The molecule has 0 aliphatic heterocycles. The van der Waals surface area contributed by atoms with E-state index in [0.29, 0.717) is 13.0 Å². The van der Waals surface area contributed by atoms with Crippen LogP contribution in [-0.4, -0.2) is 36.3 Å². The molecule has 0 spiro atoms. The van der Waals surface area contributed by atoms with E-state index in [1.807, 2.05) is 10.8 Å². The molecule has 0 saturated carbocycles. The lowest BCUT2D eigenvalue weighted by atomic mass is 10.2. The van der Waals surface area contributed by atoms with E-state index in [-0.39, 0.29) is 11.9 Å². The van der Waals surface area contributed by atoms with Gasteiger partial charge in [-0.15, -0.1) is 0 Å². The van der Waals surface area contributed by atoms with Gasteiger partial charge in [0.15, 0.2) is 0 Å². The van der Waals surface area contributed by atoms with Gasteiger partial charge in [0.2, 0.25) is 5.91 Å². The van der Waals surface area contributed by atoms with Gasteiger partial charge >= 0.3 is 0 Å². The highest BCUT2D eigenvalue weighted by Crippen LogP contribution is 1.98. The van der Waals surface area contributed by atoms with Crippen LogP contribution in [0.5, 0.6) is 0 Å². The van der Waals surface area contributed by atoms with Crippen LogP contribution in [0.15, 0.2) is 31.4 Å². The van der Waals surface area contributed by atoms with Crippen LogP contribution in [0.2, 0.25) is 0 Å². The van der Waals surface area contributed by atoms with E-state index >= 15 is 0 Å². The molecule has 1 atom stereocenters. The van der Waals surface area contributed by atoms with Crippen molar-refractivity contribution >= 4 is 5.91 Å². The van der Waals surface area contributed by atoms with Gasteiger partial charge in [0.1, 0.15) is 12.7 Å². The molecule has 0 saturated heterocycles. The van der Waals surface area contributed by atoms with Crippen molar-refractivity contribution in [3.05, 3.63) is 31.4 Å². The molecule has 1 unspecified atom stereocenters. The quantitative estimate of drug-likeness (QED) is 0.786. The highest BCUT2D eigenvalue weighted by atomic mass is 16.1. The fraction of sp³-hybridized carbons (Fsp3) is 0.500. The van der Waals surface area contributed by atoms with Crippen LogP contribution in [0.4, 0.5) is 0 Å². The summed E-state index contributed by atoms with van der Waals surface area (Å²) in [5, 5.41) is 6.98. The molecular weight excluding hydrogens is 244 g/mol. The first kappa shape index (κ1) is 13.3. The first-order valence-corrected chi connectivity index (χ1v) is 6.35. The fourth-order valence-electron chi connectivity index (χ4n) is 1.79. The molecule has 0 aliphatic rings. The summed E-state index contributed by atoms with van der Waals surface area (Å²) < 4.78 is 3.61. The van der Waals surface area contributed by atoms with Crippen molar-refractivity contribution in [3.63, 3.8) is 0 Å². The summed E-state index contributed by atoms with van der Waals surface area (Å²) in [6, 6.07) is 0.123. The van der Waals surface area contributed by atoms with Gasteiger partial charge in [-0.05, 0) is 6.42 Å². The molecule has 102 valence electrons. The van der Waals surface area contributed by atoms with Crippen LogP contribution in [0, 0.1) is 0 Å². The van der Waals surface area contributed by atoms with Crippen LogP contribution < -0.4 is 5.32 Å². The molecular formula is C12H18N6O. The molecule has 19 heavy (non-hydrogen) atoms. The maximum Gasteiger partial charge on any atom is 0.222 e. The first-order valence-electron chi connectivity index (χ1n) is 6.35. The summed E-state index contributed by atoms with van der Waals surface area (Å²) in [5.74, 6) is 0.0301. The third-order valence-electron chi connectivity index (χ3n) is 2.88. The molecule has 0 bridgehead atoms. The summed E-state index contributed by atoms with van der Waals surface area (Å²) >= 11 is 0. The van der Waals surface area contributed by atoms with Gasteiger partial charge in [-0.2, -0.15) is 5.10 Å². The average molecular weight is 262 g/mol. The molecule has 0 radical (unpaired) electrons. The van der Waals surface area contributed by atoms with E-state index in [1.165, 1.54) is 6.33 Å². The second-order valence-corrected chi connectivity index (χ2v) is 4.34. The van der Waals surface area contributed by atoms with Gasteiger partial charge in [-0.3, -0.25) is 9.48 Å². The molecule has 0 aliphatic carbocycles. The van der Waals surface area contributed by atoms with Crippen LogP contribution in [0.25, 0.3) is 0 Å². The number of aromatic nitrogens is 5. The Labute approximate surface area is 111 Å². The lowest BCUT2D eigenvalue weighted by Crippen LogP contribution is -2.37. The monoisotopic (exact) mass is 262 g/mol. The second kappa shape index (κ2) is 6.67. The minimum Gasteiger partial charge on any atom is -0.352 e. The van der Waals surface area contributed by atoms with Crippen molar-refractivity contribution in [3.8, 4) is 0 Å². The highest BCUT2D eigenvalue weighted by molar-refractivity contribution is 5.76. The number of amides is 1. The maximum absolute atomic E-state index is 11.8. The Morgan fingerprint density at radius 2 is 2.26 bits per heavy atom. The zero-order chi connectivity index (χ0) is 13.5. The number of carbonyl (C=O) groups excluding carboxylic acids is 1. The topological polar surface area (TPSA) is 77.6 Å². The third kappa shape index (κ3) is 4.20. The minimum absolute atomic E-state index is 0.0301. The molecule has 1 N–H and O–H groups in total. The number of aryl methyl sites for hydroxylation is 1. The summed E-state index contributed by atoms with van der Waals surface area (Å²) in [6.07, 6.45) is 9.74. The highest BCUT2D eigenvalue weighted by Gasteiger charge is 2.11. The predicted octanol–water partition coefficient (Wildman–Crippen LogP) is 0.460. The largest absolute Gasteiger partial charge is 0.352 e. The smallest absolute Gasteiger partial charge is 0.222 e. The normalized spacial score (nSPS) is 12.3. The van der Waals surface area contributed by atoms with Crippen molar-refractivity contribution in [1.82, 2.24) is 29.6 Å². The van der Waals surface area contributed by atoms with Crippen molar-refractivity contribution in [2.75, 3.05) is 0 Å². The Morgan fingerprint density at radius 1 is 1.37 bits per heavy atom. The van der Waals surface area contributed by atoms with Gasteiger partial charge in [-0.25, -0.2) is 9.97 Å². The molecule has 0 aromatic carbocycles. The van der Waals surface area contributed by atoms with Gasteiger partial charge in [-0.1, -0.05) is 6.92 Å². The first-order chi connectivity index (χ1) is 9.28. The summed E-state index contributed by atoms with van der Waals surface area (Å²) in [4.78, 5) is 19.7. The van der Waals surface area contributed by atoms with Crippen LogP contribution in [0.1, 0.15) is 19.8 Å². The number of nitrogens with one attached hydrogen (secondary N) is 1. The Hall–Kier alpha value is -2.18. The van der Waals surface area contributed by atoms with E-state index in [0.717, 1.165) is 13.0 Å². The zero-order valence-corrected chi connectivity index (χ0v) is 10.9. The Bertz CT molecular complexity index is 478. The Kier molecular flexibility index (Phi) is 4.66. The summed E-state index contributed by atoms with van der Waals surface area (Å²) in [6.45, 7) is 3.35. The van der Waals surface area contributed by atoms with Crippen LogP contribution in [0.3, 0.4) is 0 Å². The standard InChI is InChI=1S/C12H18N6O/c1-2-11(7-17-6-4-13-9-17)16-12(19)3-5-18-10-14-8-15-18/h4,6,8-11H,2-3,5,7H2,1H3,(H,16,19). The van der Waals surface area contributed by atoms with E-state index in [9.17, 15) is 4.79 Å². The Balaban J connectivity index is 1.76. The number of rotatable bonds is 7. The number of hydrogen-bond donors (Lipinski definition) is 1. The maximum atomic E-state index is 11.8. The van der Waals surface area contributed by atoms with E-state index in [1.54, 1.807) is 23.5 Å². The molecule has 2 rings (SSSR count).